The number of carboxylic acids is 1. The average molecular weight is 356 g/mol. The second-order valence-electron chi connectivity index (χ2n) is 5.21. The summed E-state index contributed by atoms with van der Waals surface area (Å²) in [4.78, 5) is 22.9. The molecule has 1 fully saturated rings. The molecule has 0 saturated heterocycles. The quantitative estimate of drug-likeness (QED) is 0.795. The van der Waals surface area contributed by atoms with Crippen LogP contribution in [0.3, 0.4) is 0 Å². The Hall–Kier alpha value is -1.56. The monoisotopic (exact) mass is 355 g/mol. The summed E-state index contributed by atoms with van der Waals surface area (Å²) in [5.74, 6) is -0.740. The number of halogens is 1. The van der Waals surface area contributed by atoms with Gasteiger partial charge in [0, 0.05) is 12.6 Å². The van der Waals surface area contributed by atoms with E-state index in [2.05, 4.69) is 21.2 Å². The standard InChI is InChI=1S/C15H18BrNO4/c16-13-7-5-11(21-13)6-8-14(18)17-9-10-3-1-2-4-12(10)15(19)20/h5-8,10,12H,1-4,9H2,(H,17,18)(H,19,20). The molecule has 0 aromatic carbocycles. The zero-order chi connectivity index (χ0) is 15.2. The number of hydrogen-bond acceptors (Lipinski definition) is 3. The molecule has 1 aliphatic carbocycles. The molecular formula is C15H18BrNO4. The molecule has 5 nitrogen and oxygen atoms in total. The van der Waals surface area contributed by atoms with Crippen molar-refractivity contribution in [1.82, 2.24) is 5.32 Å². The molecule has 114 valence electrons. The van der Waals surface area contributed by atoms with Gasteiger partial charge in [-0.3, -0.25) is 9.59 Å². The highest BCUT2D eigenvalue weighted by Crippen LogP contribution is 2.29. The minimum absolute atomic E-state index is 0.0198. The predicted molar refractivity (Wildman–Crippen MR) is 81.5 cm³/mol. The Morgan fingerprint density at radius 2 is 2.14 bits per heavy atom. The lowest BCUT2D eigenvalue weighted by molar-refractivity contribution is -0.145. The van der Waals surface area contributed by atoms with Gasteiger partial charge in [0.2, 0.25) is 5.91 Å². The molecule has 1 heterocycles. The summed E-state index contributed by atoms with van der Waals surface area (Å²) >= 11 is 3.19. The van der Waals surface area contributed by atoms with E-state index in [0.29, 0.717) is 23.4 Å². The van der Waals surface area contributed by atoms with Crippen LogP contribution in [-0.4, -0.2) is 23.5 Å². The fourth-order valence-corrected chi connectivity index (χ4v) is 2.96. The van der Waals surface area contributed by atoms with Gasteiger partial charge in [0.1, 0.15) is 5.76 Å². The summed E-state index contributed by atoms with van der Waals surface area (Å²) in [6.45, 7) is 0.405. The lowest BCUT2D eigenvalue weighted by atomic mass is 9.79. The smallest absolute Gasteiger partial charge is 0.306 e. The lowest BCUT2D eigenvalue weighted by Crippen LogP contribution is -2.36. The molecule has 6 heteroatoms. The lowest BCUT2D eigenvalue weighted by Gasteiger charge is -2.28. The van der Waals surface area contributed by atoms with Gasteiger partial charge in [-0.25, -0.2) is 0 Å². The third-order valence-corrected chi connectivity index (χ3v) is 4.18. The first kappa shape index (κ1) is 15.8. The number of carbonyl (C=O) groups excluding carboxylic acids is 1. The number of furan rings is 1. The Kier molecular flexibility index (Phi) is 5.61. The summed E-state index contributed by atoms with van der Waals surface area (Å²) in [7, 11) is 0. The van der Waals surface area contributed by atoms with E-state index < -0.39 is 5.97 Å². The van der Waals surface area contributed by atoms with Crippen LogP contribution in [0, 0.1) is 11.8 Å². The summed E-state index contributed by atoms with van der Waals surface area (Å²) < 4.78 is 5.85. The highest BCUT2D eigenvalue weighted by Gasteiger charge is 2.30. The number of rotatable bonds is 5. The van der Waals surface area contributed by atoms with Gasteiger partial charge >= 0.3 is 5.97 Å². The predicted octanol–water partition coefficient (Wildman–Crippen LogP) is 3.06. The first-order valence-electron chi connectivity index (χ1n) is 7.00. The van der Waals surface area contributed by atoms with E-state index in [1.165, 1.54) is 6.08 Å². The molecule has 1 aromatic heterocycles. The van der Waals surface area contributed by atoms with Gasteiger partial charge in [-0.05, 0) is 52.9 Å². The van der Waals surface area contributed by atoms with Crippen molar-refractivity contribution in [2.45, 2.75) is 25.7 Å². The number of carboxylic acid groups (broad SMARTS) is 1. The van der Waals surface area contributed by atoms with Crippen LogP contribution in [0.2, 0.25) is 0 Å². The minimum Gasteiger partial charge on any atom is -0.481 e. The fraction of sp³-hybridized carbons (Fsp3) is 0.467. The van der Waals surface area contributed by atoms with Crippen LogP contribution in [0.5, 0.6) is 0 Å². The molecule has 0 spiro atoms. The van der Waals surface area contributed by atoms with E-state index >= 15 is 0 Å². The normalized spacial score (nSPS) is 22.3. The highest BCUT2D eigenvalue weighted by molar-refractivity contribution is 9.10. The third-order valence-electron chi connectivity index (χ3n) is 3.76. The molecule has 2 unspecified atom stereocenters. The molecule has 0 bridgehead atoms. The number of aliphatic carboxylic acids is 1. The first-order chi connectivity index (χ1) is 10.1. The molecule has 0 aliphatic heterocycles. The van der Waals surface area contributed by atoms with E-state index in [0.717, 1.165) is 19.3 Å². The summed E-state index contributed by atoms with van der Waals surface area (Å²) in [5, 5.41) is 12.0. The van der Waals surface area contributed by atoms with Crippen molar-refractivity contribution in [3.63, 3.8) is 0 Å². The summed E-state index contributed by atoms with van der Waals surface area (Å²) in [6.07, 6.45) is 6.51. The summed E-state index contributed by atoms with van der Waals surface area (Å²) in [5.41, 5.74) is 0. The van der Waals surface area contributed by atoms with Crippen LogP contribution in [0.25, 0.3) is 6.08 Å². The average Bonchev–Trinajstić information content (AvgIpc) is 2.88. The third kappa shape index (κ3) is 4.74. The molecule has 1 saturated carbocycles. The Morgan fingerprint density at radius 1 is 1.38 bits per heavy atom. The maximum atomic E-state index is 11.7. The van der Waals surface area contributed by atoms with Gasteiger partial charge in [0.15, 0.2) is 4.67 Å². The zero-order valence-electron chi connectivity index (χ0n) is 11.5. The number of carbonyl (C=O) groups is 2. The van der Waals surface area contributed by atoms with E-state index in [4.69, 9.17) is 4.42 Å². The maximum absolute atomic E-state index is 11.7. The van der Waals surface area contributed by atoms with Gasteiger partial charge in [-0.15, -0.1) is 0 Å². The van der Waals surface area contributed by atoms with Crippen molar-refractivity contribution in [2.75, 3.05) is 6.54 Å². The molecule has 2 rings (SSSR count). The number of amides is 1. The summed E-state index contributed by atoms with van der Waals surface area (Å²) in [6, 6.07) is 3.49. The Balaban J connectivity index is 1.82. The molecule has 1 aliphatic rings. The second-order valence-corrected chi connectivity index (χ2v) is 5.99. The Labute approximate surface area is 131 Å². The number of hydrogen-bond donors (Lipinski definition) is 2. The molecule has 2 atom stereocenters. The van der Waals surface area contributed by atoms with E-state index in [1.807, 2.05) is 0 Å². The van der Waals surface area contributed by atoms with Crippen molar-refractivity contribution < 1.29 is 19.1 Å². The van der Waals surface area contributed by atoms with Gasteiger partial charge in [-0.1, -0.05) is 12.8 Å². The van der Waals surface area contributed by atoms with Crippen molar-refractivity contribution in [1.29, 1.82) is 0 Å². The topological polar surface area (TPSA) is 79.5 Å². The second kappa shape index (κ2) is 7.45. The Bertz CT molecular complexity index is 538. The Morgan fingerprint density at radius 3 is 2.81 bits per heavy atom. The fourth-order valence-electron chi connectivity index (χ4n) is 2.64. The van der Waals surface area contributed by atoms with Crippen LogP contribution in [0.15, 0.2) is 27.3 Å². The molecule has 21 heavy (non-hydrogen) atoms. The molecule has 2 N–H and O–H groups in total. The zero-order valence-corrected chi connectivity index (χ0v) is 13.1. The van der Waals surface area contributed by atoms with Crippen LogP contribution in [-0.2, 0) is 9.59 Å². The minimum atomic E-state index is -0.759. The van der Waals surface area contributed by atoms with E-state index in [1.54, 1.807) is 18.2 Å². The van der Waals surface area contributed by atoms with Crippen molar-refractivity contribution in [3.05, 3.63) is 28.6 Å². The van der Waals surface area contributed by atoms with Crippen LogP contribution >= 0.6 is 15.9 Å². The number of nitrogens with one attached hydrogen (secondary N) is 1. The maximum Gasteiger partial charge on any atom is 0.306 e. The largest absolute Gasteiger partial charge is 0.481 e. The highest BCUT2D eigenvalue weighted by atomic mass is 79.9. The van der Waals surface area contributed by atoms with E-state index in [9.17, 15) is 14.7 Å². The van der Waals surface area contributed by atoms with Gasteiger partial charge in [-0.2, -0.15) is 0 Å². The van der Waals surface area contributed by atoms with Gasteiger partial charge in [0.25, 0.3) is 0 Å². The molecular weight excluding hydrogens is 338 g/mol. The van der Waals surface area contributed by atoms with Crippen molar-refractivity contribution in [2.24, 2.45) is 11.8 Å². The molecule has 1 amide bonds. The van der Waals surface area contributed by atoms with E-state index in [-0.39, 0.29) is 17.7 Å². The van der Waals surface area contributed by atoms with Crippen LogP contribution in [0.4, 0.5) is 0 Å². The molecule has 0 radical (unpaired) electrons. The first-order valence-corrected chi connectivity index (χ1v) is 7.79. The van der Waals surface area contributed by atoms with Crippen molar-refractivity contribution in [3.8, 4) is 0 Å². The van der Waals surface area contributed by atoms with Gasteiger partial charge in [0.05, 0.1) is 5.92 Å². The van der Waals surface area contributed by atoms with Gasteiger partial charge < -0.3 is 14.8 Å². The van der Waals surface area contributed by atoms with Crippen LogP contribution in [0.1, 0.15) is 31.4 Å². The molecule has 1 aromatic rings. The van der Waals surface area contributed by atoms with Crippen LogP contribution < -0.4 is 5.32 Å². The SMILES string of the molecule is O=C(C=Cc1ccc(Br)o1)NCC1CCCCC1C(=O)O. The van der Waals surface area contributed by atoms with Crippen molar-refractivity contribution >= 4 is 33.9 Å².